The summed E-state index contributed by atoms with van der Waals surface area (Å²) >= 11 is 0. The van der Waals surface area contributed by atoms with Gasteiger partial charge in [0.15, 0.2) is 23.9 Å². The predicted octanol–water partition coefficient (Wildman–Crippen LogP) is 3.52. The van der Waals surface area contributed by atoms with Crippen LogP contribution in [0.1, 0.15) is 62.7 Å². The van der Waals surface area contributed by atoms with Crippen molar-refractivity contribution in [1.29, 1.82) is 0 Å². The first kappa shape index (κ1) is 19.4. The van der Waals surface area contributed by atoms with Gasteiger partial charge in [0.05, 0.1) is 0 Å². The molecule has 7 nitrogen and oxygen atoms in total. The van der Waals surface area contributed by atoms with Crippen molar-refractivity contribution in [2.24, 2.45) is 5.92 Å². The number of hydrogen-bond acceptors (Lipinski definition) is 6. The van der Waals surface area contributed by atoms with E-state index in [4.69, 9.17) is 14.0 Å². The molecule has 0 N–H and O–H groups in total. The van der Waals surface area contributed by atoms with Gasteiger partial charge in [0.2, 0.25) is 5.89 Å². The topological polar surface area (TPSA) is 77.7 Å². The molecule has 1 aromatic carbocycles. The average Bonchev–Trinajstić information content (AvgIpc) is 3.38. The van der Waals surface area contributed by atoms with Gasteiger partial charge in [0.1, 0.15) is 5.60 Å². The number of carbonyl (C=O) groups excluding carboxylic acids is 1. The van der Waals surface area contributed by atoms with Crippen LogP contribution >= 0.6 is 0 Å². The van der Waals surface area contributed by atoms with Crippen LogP contribution in [0.2, 0.25) is 0 Å². The van der Waals surface area contributed by atoms with Crippen LogP contribution in [0.5, 0.6) is 11.5 Å². The Morgan fingerprint density at radius 3 is 3.00 bits per heavy atom. The zero-order chi connectivity index (χ0) is 20.7. The summed E-state index contributed by atoms with van der Waals surface area (Å²) in [7, 11) is 0. The number of ether oxygens (including phenoxy) is 2. The van der Waals surface area contributed by atoms with Crippen LogP contribution in [0.3, 0.4) is 0 Å². The second-order valence-corrected chi connectivity index (χ2v) is 9.44. The predicted molar refractivity (Wildman–Crippen MR) is 110 cm³/mol. The minimum absolute atomic E-state index is 0.0127. The summed E-state index contributed by atoms with van der Waals surface area (Å²) in [4.78, 5) is 19.2. The molecular weight excluding hydrogens is 382 g/mol. The van der Waals surface area contributed by atoms with Crippen LogP contribution in [0.15, 0.2) is 22.7 Å². The van der Waals surface area contributed by atoms with Gasteiger partial charge in [0.25, 0.3) is 5.91 Å². The molecule has 5 rings (SSSR count). The highest BCUT2D eigenvalue weighted by atomic mass is 16.5. The first-order valence-electron chi connectivity index (χ1n) is 11.0. The number of carbonyl (C=O) groups is 1. The summed E-state index contributed by atoms with van der Waals surface area (Å²) in [5, 5.41) is 4.10. The summed E-state index contributed by atoms with van der Waals surface area (Å²) in [6, 6.07) is 5.89. The van der Waals surface area contributed by atoms with E-state index in [1.807, 2.05) is 17.0 Å². The normalized spacial score (nSPS) is 22.5. The van der Waals surface area contributed by atoms with Crippen molar-refractivity contribution in [3.8, 4) is 11.5 Å². The lowest BCUT2D eigenvalue weighted by molar-refractivity contribution is -0.135. The highest BCUT2D eigenvalue weighted by Gasteiger charge is 2.33. The molecule has 1 atom stereocenters. The van der Waals surface area contributed by atoms with E-state index in [9.17, 15) is 4.79 Å². The van der Waals surface area contributed by atoms with E-state index in [0.29, 0.717) is 30.0 Å². The largest absolute Gasteiger partial charge is 0.483 e. The quantitative estimate of drug-likeness (QED) is 0.724. The van der Waals surface area contributed by atoms with Gasteiger partial charge < -0.3 is 18.9 Å². The third kappa shape index (κ3) is 4.16. The van der Waals surface area contributed by atoms with Crippen molar-refractivity contribution in [1.82, 2.24) is 15.0 Å². The Balaban J connectivity index is 1.16. The lowest BCUT2D eigenvalue weighted by Gasteiger charge is -2.32. The molecule has 2 aliphatic heterocycles. The van der Waals surface area contributed by atoms with E-state index < -0.39 is 0 Å². The maximum atomic E-state index is 12.8. The van der Waals surface area contributed by atoms with Crippen molar-refractivity contribution >= 4 is 5.91 Å². The smallest absolute Gasteiger partial charge is 0.260 e. The summed E-state index contributed by atoms with van der Waals surface area (Å²) in [6.07, 6.45) is 5.97. The van der Waals surface area contributed by atoms with E-state index in [1.165, 1.54) is 0 Å². The van der Waals surface area contributed by atoms with Crippen molar-refractivity contribution < 1.29 is 18.8 Å². The minimum atomic E-state index is -0.236. The molecule has 1 amide bonds. The van der Waals surface area contributed by atoms with Gasteiger partial charge in [-0.2, -0.15) is 4.98 Å². The lowest BCUT2D eigenvalue weighted by Crippen LogP contribution is -2.42. The molecule has 7 heteroatoms. The Labute approximate surface area is 176 Å². The maximum Gasteiger partial charge on any atom is 0.260 e. The molecule has 3 aliphatic rings. The Hall–Kier alpha value is -2.57. The van der Waals surface area contributed by atoms with Gasteiger partial charge in [-0.3, -0.25) is 4.79 Å². The van der Waals surface area contributed by atoms with E-state index in [-0.39, 0.29) is 18.1 Å². The molecule has 0 bridgehead atoms. The van der Waals surface area contributed by atoms with Crippen LogP contribution < -0.4 is 9.47 Å². The van der Waals surface area contributed by atoms with E-state index in [0.717, 1.165) is 62.2 Å². The number of piperidine rings is 1. The van der Waals surface area contributed by atoms with E-state index in [1.54, 1.807) is 0 Å². The Bertz CT molecular complexity index is 934. The van der Waals surface area contributed by atoms with Gasteiger partial charge in [-0.1, -0.05) is 17.3 Å². The average molecular weight is 412 g/mol. The first-order chi connectivity index (χ1) is 14.5. The first-order valence-corrected chi connectivity index (χ1v) is 11.0. The van der Waals surface area contributed by atoms with Gasteiger partial charge in [-0.25, -0.2) is 0 Å². The van der Waals surface area contributed by atoms with Crippen molar-refractivity contribution in [2.45, 2.75) is 63.9 Å². The van der Waals surface area contributed by atoms with Crippen LogP contribution in [-0.2, 0) is 17.6 Å². The van der Waals surface area contributed by atoms with Crippen LogP contribution in [-0.4, -0.2) is 46.2 Å². The number of benzene rings is 1. The fraction of sp³-hybridized carbons (Fsp3) is 0.609. The van der Waals surface area contributed by atoms with Crippen LogP contribution in [0.4, 0.5) is 0 Å². The minimum Gasteiger partial charge on any atom is -0.483 e. The third-order valence-corrected chi connectivity index (χ3v) is 6.17. The molecule has 1 saturated carbocycles. The monoisotopic (exact) mass is 411 g/mol. The lowest BCUT2D eigenvalue weighted by atomic mass is 9.95. The number of rotatable bonds is 6. The Kier molecular flexibility index (Phi) is 4.91. The summed E-state index contributed by atoms with van der Waals surface area (Å²) < 4.78 is 17.4. The van der Waals surface area contributed by atoms with E-state index >= 15 is 0 Å². The number of hydrogen-bond donors (Lipinski definition) is 0. The SMILES string of the molecule is CC1(C)Cc2cccc(OCC(=O)N3CCC[C@H](Cc4nc(C5CC5)no4)C3)c2O1. The zero-order valence-corrected chi connectivity index (χ0v) is 17.7. The Morgan fingerprint density at radius 2 is 2.17 bits per heavy atom. The molecule has 2 fully saturated rings. The second kappa shape index (κ2) is 7.60. The number of nitrogens with zero attached hydrogens (tertiary/aromatic N) is 3. The van der Waals surface area contributed by atoms with Crippen molar-refractivity contribution in [3.63, 3.8) is 0 Å². The van der Waals surface area contributed by atoms with Crippen molar-refractivity contribution in [3.05, 3.63) is 35.5 Å². The molecule has 1 saturated heterocycles. The molecule has 30 heavy (non-hydrogen) atoms. The summed E-state index contributed by atoms with van der Waals surface area (Å²) in [5.74, 6) is 3.83. The molecule has 0 spiro atoms. The second-order valence-electron chi connectivity index (χ2n) is 9.44. The van der Waals surface area contributed by atoms with E-state index in [2.05, 4.69) is 30.1 Å². The fourth-order valence-electron chi connectivity index (χ4n) is 4.50. The molecular formula is C23H29N3O4. The molecule has 0 unspecified atom stereocenters. The number of para-hydroxylation sites is 1. The molecule has 1 aliphatic carbocycles. The zero-order valence-electron chi connectivity index (χ0n) is 17.7. The van der Waals surface area contributed by atoms with Crippen molar-refractivity contribution in [2.75, 3.05) is 19.7 Å². The maximum absolute atomic E-state index is 12.8. The van der Waals surface area contributed by atoms with Gasteiger partial charge in [-0.15, -0.1) is 0 Å². The van der Waals surface area contributed by atoms with Crippen LogP contribution in [0, 0.1) is 5.92 Å². The Morgan fingerprint density at radius 1 is 1.30 bits per heavy atom. The van der Waals surface area contributed by atoms with Crippen LogP contribution in [0.25, 0.3) is 0 Å². The molecule has 0 radical (unpaired) electrons. The highest BCUT2D eigenvalue weighted by molar-refractivity contribution is 5.78. The molecule has 3 heterocycles. The highest BCUT2D eigenvalue weighted by Crippen LogP contribution is 2.42. The summed E-state index contributed by atoms with van der Waals surface area (Å²) in [5.41, 5.74) is 0.896. The molecule has 2 aromatic rings. The number of aromatic nitrogens is 2. The molecule has 160 valence electrons. The standard InChI is InChI=1S/C23H29N3O4/c1-23(2)12-17-6-3-7-18(21(17)29-23)28-14-20(27)26-10-4-5-15(13-26)11-19-24-22(25-30-19)16-8-9-16/h3,6-7,15-16H,4-5,8-14H2,1-2H3/t15-/m1/s1. The number of amides is 1. The third-order valence-electron chi connectivity index (χ3n) is 6.17. The van der Waals surface area contributed by atoms with Gasteiger partial charge in [0, 0.05) is 37.4 Å². The van der Waals surface area contributed by atoms with Gasteiger partial charge >= 0.3 is 0 Å². The fourth-order valence-corrected chi connectivity index (χ4v) is 4.50. The number of likely N-dealkylation sites (tertiary alicyclic amines) is 1. The number of fused-ring (bicyclic) bond motifs is 1. The van der Waals surface area contributed by atoms with Gasteiger partial charge in [-0.05, 0) is 51.5 Å². The summed E-state index contributed by atoms with van der Waals surface area (Å²) in [6.45, 7) is 5.63. The molecule has 1 aromatic heterocycles.